The molecule has 76 valence electrons. The van der Waals surface area contributed by atoms with E-state index in [0.29, 0.717) is 0 Å². The van der Waals surface area contributed by atoms with Gasteiger partial charge in [0.05, 0.1) is 5.60 Å². The van der Waals surface area contributed by atoms with Gasteiger partial charge in [0.15, 0.2) is 0 Å². The molecule has 1 saturated carbocycles. The van der Waals surface area contributed by atoms with Crippen LogP contribution in [-0.4, -0.2) is 35.2 Å². The second kappa shape index (κ2) is 3.97. The molecule has 2 rings (SSSR count). The highest BCUT2D eigenvalue weighted by molar-refractivity contribution is 4.84. The van der Waals surface area contributed by atoms with Crippen molar-refractivity contribution in [1.82, 2.24) is 4.90 Å². The zero-order valence-corrected chi connectivity index (χ0v) is 8.47. The molecular formula is C11H21NO. The van der Waals surface area contributed by atoms with Crippen LogP contribution in [0.5, 0.6) is 0 Å². The Bertz CT molecular complexity index is 159. The van der Waals surface area contributed by atoms with Crippen LogP contribution in [0.2, 0.25) is 0 Å². The van der Waals surface area contributed by atoms with Crippen LogP contribution in [0, 0.1) is 0 Å². The Morgan fingerprint density at radius 2 is 1.69 bits per heavy atom. The van der Waals surface area contributed by atoms with Gasteiger partial charge in [-0.3, -0.25) is 0 Å². The standard InChI is InChI=1S/C11H21NO/c13-11(5-2-1-3-6-11)7-10-12-8-4-9-12/h13H,1-10H2. The van der Waals surface area contributed by atoms with Gasteiger partial charge >= 0.3 is 0 Å². The molecule has 0 aromatic heterocycles. The first-order chi connectivity index (χ1) is 6.29. The summed E-state index contributed by atoms with van der Waals surface area (Å²) < 4.78 is 0. The van der Waals surface area contributed by atoms with E-state index in [0.717, 1.165) is 25.8 Å². The molecule has 0 aromatic carbocycles. The van der Waals surface area contributed by atoms with Crippen LogP contribution in [0.25, 0.3) is 0 Å². The molecule has 0 radical (unpaired) electrons. The van der Waals surface area contributed by atoms with E-state index in [1.54, 1.807) is 0 Å². The summed E-state index contributed by atoms with van der Waals surface area (Å²) in [6.07, 6.45) is 8.24. The SMILES string of the molecule is OC1(CCN2CCC2)CCCCC1. The van der Waals surface area contributed by atoms with Gasteiger partial charge in [0.2, 0.25) is 0 Å². The smallest absolute Gasteiger partial charge is 0.0660 e. The Balaban J connectivity index is 1.71. The molecule has 1 aliphatic heterocycles. The van der Waals surface area contributed by atoms with Gasteiger partial charge in [0.1, 0.15) is 0 Å². The fourth-order valence-electron chi connectivity index (χ4n) is 2.43. The van der Waals surface area contributed by atoms with Crippen molar-refractivity contribution in [3.05, 3.63) is 0 Å². The second-order valence-corrected chi connectivity index (χ2v) is 4.73. The average molecular weight is 183 g/mol. The summed E-state index contributed by atoms with van der Waals surface area (Å²) in [7, 11) is 0. The van der Waals surface area contributed by atoms with Crippen LogP contribution >= 0.6 is 0 Å². The first-order valence-electron chi connectivity index (χ1n) is 5.73. The van der Waals surface area contributed by atoms with Gasteiger partial charge in [-0.25, -0.2) is 0 Å². The Kier molecular flexibility index (Phi) is 2.89. The minimum Gasteiger partial charge on any atom is -0.390 e. The van der Waals surface area contributed by atoms with E-state index >= 15 is 0 Å². The lowest BCUT2D eigenvalue weighted by atomic mass is 9.82. The van der Waals surface area contributed by atoms with E-state index in [9.17, 15) is 5.11 Å². The molecule has 13 heavy (non-hydrogen) atoms. The molecular weight excluding hydrogens is 162 g/mol. The third kappa shape index (κ3) is 2.44. The van der Waals surface area contributed by atoms with Gasteiger partial charge in [0.25, 0.3) is 0 Å². The Morgan fingerprint density at radius 3 is 2.23 bits per heavy atom. The molecule has 1 heterocycles. The normalized spacial score (nSPS) is 28.4. The van der Waals surface area contributed by atoms with Crippen molar-refractivity contribution in [3.63, 3.8) is 0 Å². The summed E-state index contributed by atoms with van der Waals surface area (Å²) in [5.41, 5.74) is -0.298. The summed E-state index contributed by atoms with van der Waals surface area (Å²) in [4.78, 5) is 2.45. The summed E-state index contributed by atoms with van der Waals surface area (Å²) in [6.45, 7) is 3.64. The third-order valence-electron chi connectivity index (χ3n) is 3.63. The number of hydrogen-bond acceptors (Lipinski definition) is 2. The molecule has 1 saturated heterocycles. The van der Waals surface area contributed by atoms with E-state index < -0.39 is 0 Å². The summed E-state index contributed by atoms with van der Waals surface area (Å²) in [5.74, 6) is 0. The van der Waals surface area contributed by atoms with Gasteiger partial charge in [0, 0.05) is 6.54 Å². The number of likely N-dealkylation sites (tertiary alicyclic amines) is 1. The van der Waals surface area contributed by atoms with Crippen molar-refractivity contribution >= 4 is 0 Å². The van der Waals surface area contributed by atoms with E-state index in [1.165, 1.54) is 38.8 Å². The molecule has 2 fully saturated rings. The largest absolute Gasteiger partial charge is 0.390 e. The van der Waals surface area contributed by atoms with E-state index in [2.05, 4.69) is 4.90 Å². The molecule has 0 unspecified atom stereocenters. The predicted molar refractivity (Wildman–Crippen MR) is 53.7 cm³/mol. The zero-order chi connectivity index (χ0) is 9.15. The fourth-order valence-corrected chi connectivity index (χ4v) is 2.43. The maximum atomic E-state index is 10.2. The topological polar surface area (TPSA) is 23.5 Å². The second-order valence-electron chi connectivity index (χ2n) is 4.73. The first kappa shape index (κ1) is 9.47. The summed E-state index contributed by atoms with van der Waals surface area (Å²) in [6, 6.07) is 0. The van der Waals surface area contributed by atoms with Crippen molar-refractivity contribution in [2.45, 2.75) is 50.5 Å². The van der Waals surface area contributed by atoms with Crippen molar-refractivity contribution in [2.24, 2.45) is 0 Å². The van der Waals surface area contributed by atoms with Crippen LogP contribution in [0.4, 0.5) is 0 Å². The molecule has 1 aliphatic carbocycles. The van der Waals surface area contributed by atoms with E-state index in [-0.39, 0.29) is 5.60 Å². The monoisotopic (exact) mass is 183 g/mol. The molecule has 0 spiro atoms. The molecule has 2 aliphatic rings. The van der Waals surface area contributed by atoms with Crippen molar-refractivity contribution in [1.29, 1.82) is 0 Å². The maximum absolute atomic E-state index is 10.2. The van der Waals surface area contributed by atoms with Gasteiger partial charge < -0.3 is 10.0 Å². The van der Waals surface area contributed by atoms with Crippen LogP contribution in [0.1, 0.15) is 44.9 Å². The Morgan fingerprint density at radius 1 is 1.00 bits per heavy atom. The minimum atomic E-state index is -0.298. The van der Waals surface area contributed by atoms with Gasteiger partial charge in [-0.05, 0) is 38.8 Å². The van der Waals surface area contributed by atoms with Crippen molar-refractivity contribution < 1.29 is 5.11 Å². The van der Waals surface area contributed by atoms with E-state index in [1.807, 2.05) is 0 Å². The quantitative estimate of drug-likeness (QED) is 0.721. The fraction of sp³-hybridized carbons (Fsp3) is 1.00. The van der Waals surface area contributed by atoms with Crippen LogP contribution in [0.15, 0.2) is 0 Å². The summed E-state index contributed by atoms with van der Waals surface area (Å²) in [5, 5.41) is 10.2. The lowest BCUT2D eigenvalue weighted by molar-refractivity contribution is -0.0160. The van der Waals surface area contributed by atoms with E-state index in [4.69, 9.17) is 0 Å². The maximum Gasteiger partial charge on any atom is 0.0660 e. The lowest BCUT2D eigenvalue weighted by Crippen LogP contribution is -2.42. The number of rotatable bonds is 3. The van der Waals surface area contributed by atoms with Crippen LogP contribution < -0.4 is 0 Å². The lowest BCUT2D eigenvalue weighted by Gasteiger charge is -2.37. The van der Waals surface area contributed by atoms with Gasteiger partial charge in [-0.15, -0.1) is 0 Å². The highest BCUT2D eigenvalue weighted by atomic mass is 16.3. The van der Waals surface area contributed by atoms with Crippen LogP contribution in [0.3, 0.4) is 0 Å². The molecule has 0 aromatic rings. The minimum absolute atomic E-state index is 0.298. The number of hydrogen-bond donors (Lipinski definition) is 1. The third-order valence-corrected chi connectivity index (χ3v) is 3.63. The molecule has 2 nitrogen and oxygen atoms in total. The molecule has 0 bridgehead atoms. The zero-order valence-electron chi connectivity index (χ0n) is 8.47. The predicted octanol–water partition coefficient (Wildman–Crippen LogP) is 1.78. The highest BCUT2D eigenvalue weighted by Crippen LogP contribution is 2.31. The van der Waals surface area contributed by atoms with Gasteiger partial charge in [-0.2, -0.15) is 0 Å². The molecule has 2 heteroatoms. The number of nitrogens with zero attached hydrogens (tertiary/aromatic N) is 1. The van der Waals surface area contributed by atoms with Crippen molar-refractivity contribution in [3.8, 4) is 0 Å². The highest BCUT2D eigenvalue weighted by Gasteiger charge is 2.29. The molecule has 1 N–H and O–H groups in total. The summed E-state index contributed by atoms with van der Waals surface area (Å²) >= 11 is 0. The van der Waals surface area contributed by atoms with Crippen molar-refractivity contribution in [2.75, 3.05) is 19.6 Å². The molecule has 0 atom stereocenters. The average Bonchev–Trinajstić information content (AvgIpc) is 2.02. The Labute approximate surface area is 80.9 Å². The first-order valence-corrected chi connectivity index (χ1v) is 5.73. The van der Waals surface area contributed by atoms with Gasteiger partial charge in [-0.1, -0.05) is 19.3 Å². The Hall–Kier alpha value is -0.0800. The molecule has 0 amide bonds. The number of aliphatic hydroxyl groups is 1. The van der Waals surface area contributed by atoms with Crippen LogP contribution in [-0.2, 0) is 0 Å².